The number of anilines is 1. The van der Waals surface area contributed by atoms with E-state index in [4.69, 9.17) is 4.42 Å². The molecular formula is C17H21ClF4N4O2. The summed E-state index contributed by atoms with van der Waals surface area (Å²) in [7, 11) is 0. The maximum absolute atomic E-state index is 14.3. The van der Waals surface area contributed by atoms with Crippen LogP contribution in [-0.4, -0.2) is 29.3 Å². The molecule has 0 spiro atoms. The van der Waals surface area contributed by atoms with E-state index < -0.39 is 29.0 Å². The van der Waals surface area contributed by atoms with Gasteiger partial charge in [-0.15, -0.1) is 17.5 Å². The molecule has 3 atom stereocenters. The molecule has 2 heterocycles. The Labute approximate surface area is 164 Å². The van der Waals surface area contributed by atoms with Crippen LogP contribution in [0.15, 0.2) is 21.3 Å². The summed E-state index contributed by atoms with van der Waals surface area (Å²) in [6.07, 6.45) is -4.08. The number of alkyl halides is 3. The fourth-order valence-electron chi connectivity index (χ4n) is 3.61. The summed E-state index contributed by atoms with van der Waals surface area (Å²) in [5.74, 6) is -2.23. The van der Waals surface area contributed by atoms with Gasteiger partial charge in [0, 0.05) is 11.6 Å². The number of piperidine rings is 1. The zero-order valence-corrected chi connectivity index (χ0v) is 16.0. The Morgan fingerprint density at radius 1 is 1.36 bits per heavy atom. The minimum Gasteiger partial charge on any atom is -0.388 e. The van der Waals surface area contributed by atoms with E-state index in [9.17, 15) is 22.4 Å². The number of rotatable bonds is 4. The highest BCUT2D eigenvalue weighted by Crippen LogP contribution is 2.40. The summed E-state index contributed by atoms with van der Waals surface area (Å²) < 4.78 is 59.4. The van der Waals surface area contributed by atoms with Gasteiger partial charge >= 0.3 is 11.9 Å². The topological polar surface area (TPSA) is 83.0 Å². The van der Waals surface area contributed by atoms with Crippen molar-refractivity contribution in [2.24, 2.45) is 11.8 Å². The van der Waals surface area contributed by atoms with E-state index >= 15 is 0 Å². The van der Waals surface area contributed by atoms with Crippen LogP contribution >= 0.6 is 12.4 Å². The molecule has 0 amide bonds. The van der Waals surface area contributed by atoms with Gasteiger partial charge in [0.05, 0.1) is 5.69 Å². The second kappa shape index (κ2) is 8.52. The molecule has 28 heavy (non-hydrogen) atoms. The zero-order valence-electron chi connectivity index (χ0n) is 15.2. The van der Waals surface area contributed by atoms with Gasteiger partial charge in [-0.05, 0) is 50.4 Å². The molecule has 1 aromatic carbocycles. The Hall–Kier alpha value is -2.07. The highest BCUT2D eigenvalue weighted by molar-refractivity contribution is 5.85. The zero-order chi connectivity index (χ0) is 19.8. The van der Waals surface area contributed by atoms with E-state index in [-0.39, 0.29) is 41.7 Å². The van der Waals surface area contributed by atoms with Crippen molar-refractivity contribution in [1.29, 1.82) is 0 Å². The number of benzene rings is 1. The van der Waals surface area contributed by atoms with Crippen LogP contribution in [0.3, 0.4) is 0 Å². The first-order valence-electron chi connectivity index (χ1n) is 8.60. The first-order chi connectivity index (χ1) is 12.7. The van der Waals surface area contributed by atoms with Gasteiger partial charge in [0.2, 0.25) is 5.89 Å². The number of hydrogen-bond acceptors (Lipinski definition) is 5. The maximum Gasteiger partial charge on any atom is 0.434 e. The van der Waals surface area contributed by atoms with Gasteiger partial charge in [-0.3, -0.25) is 0 Å². The van der Waals surface area contributed by atoms with Crippen molar-refractivity contribution in [2.45, 2.75) is 32.5 Å². The van der Waals surface area contributed by atoms with E-state index in [0.29, 0.717) is 6.07 Å². The van der Waals surface area contributed by atoms with Gasteiger partial charge < -0.3 is 15.1 Å². The average molecular weight is 425 g/mol. The molecule has 2 aromatic rings. The number of halogens is 5. The third-order valence-electron chi connectivity index (χ3n) is 4.94. The lowest BCUT2D eigenvalue weighted by atomic mass is 9.82. The number of aromatic amines is 1. The summed E-state index contributed by atoms with van der Waals surface area (Å²) in [5.41, 5.74) is -1.84. The Bertz CT molecular complexity index is 868. The molecule has 0 radical (unpaired) electrons. The van der Waals surface area contributed by atoms with Crippen molar-refractivity contribution in [2.75, 3.05) is 18.4 Å². The summed E-state index contributed by atoms with van der Waals surface area (Å²) >= 11 is 0. The molecule has 1 saturated heterocycles. The summed E-state index contributed by atoms with van der Waals surface area (Å²) in [6.45, 7) is 5.36. The van der Waals surface area contributed by atoms with Crippen molar-refractivity contribution < 1.29 is 22.0 Å². The highest BCUT2D eigenvalue weighted by atomic mass is 35.5. The van der Waals surface area contributed by atoms with Gasteiger partial charge in [-0.25, -0.2) is 14.3 Å². The number of aromatic nitrogens is 2. The van der Waals surface area contributed by atoms with E-state index in [0.717, 1.165) is 25.6 Å². The van der Waals surface area contributed by atoms with Crippen molar-refractivity contribution in [3.05, 3.63) is 34.1 Å². The molecule has 1 unspecified atom stereocenters. The number of nitrogens with zero attached hydrogens (tertiary/aromatic N) is 1. The summed E-state index contributed by atoms with van der Waals surface area (Å²) in [4.78, 5) is 11.1. The smallest absolute Gasteiger partial charge is 0.388 e. The Morgan fingerprint density at radius 2 is 2.07 bits per heavy atom. The monoisotopic (exact) mass is 424 g/mol. The minimum absolute atomic E-state index is 0. The summed E-state index contributed by atoms with van der Waals surface area (Å²) in [5, 5.41) is 11.6. The molecule has 3 N–H and O–H groups in total. The lowest BCUT2D eigenvalue weighted by Gasteiger charge is -2.35. The molecule has 3 rings (SSSR count). The second-order valence-electron chi connectivity index (χ2n) is 6.86. The first-order valence-corrected chi connectivity index (χ1v) is 8.60. The molecule has 1 aliphatic rings. The van der Waals surface area contributed by atoms with Crippen LogP contribution in [0.4, 0.5) is 23.2 Å². The molecule has 1 aliphatic heterocycles. The number of hydrogen-bond donors (Lipinski definition) is 3. The maximum atomic E-state index is 14.3. The lowest BCUT2D eigenvalue weighted by molar-refractivity contribution is -0.139. The Balaban J connectivity index is 0.00000280. The molecule has 156 valence electrons. The predicted molar refractivity (Wildman–Crippen MR) is 98.0 cm³/mol. The predicted octanol–water partition coefficient (Wildman–Crippen LogP) is 3.66. The SMILES string of the molecule is CC(Nc1cc(-c2n[nH]c(=O)o2)cc(F)c1C(F)(F)F)[C@@H]1CCNC[C@@H]1C.Cl. The van der Waals surface area contributed by atoms with E-state index in [2.05, 4.69) is 15.7 Å². The van der Waals surface area contributed by atoms with Crippen LogP contribution in [0, 0.1) is 17.7 Å². The Morgan fingerprint density at radius 3 is 2.64 bits per heavy atom. The largest absolute Gasteiger partial charge is 0.434 e. The van der Waals surface area contributed by atoms with Crippen LogP contribution in [0.25, 0.3) is 11.5 Å². The first kappa shape index (κ1) is 22.2. The lowest BCUT2D eigenvalue weighted by Crippen LogP contribution is -2.42. The normalized spacial score (nSPS) is 21.1. The third kappa shape index (κ3) is 4.67. The average Bonchev–Trinajstić information content (AvgIpc) is 3.00. The van der Waals surface area contributed by atoms with Crippen LogP contribution in [0.2, 0.25) is 0 Å². The number of nitrogens with one attached hydrogen (secondary N) is 3. The van der Waals surface area contributed by atoms with Crippen LogP contribution in [0.5, 0.6) is 0 Å². The van der Waals surface area contributed by atoms with Crippen molar-refractivity contribution >= 4 is 18.1 Å². The Kier molecular flexibility index (Phi) is 6.76. The van der Waals surface area contributed by atoms with E-state index in [1.165, 1.54) is 0 Å². The molecule has 0 bridgehead atoms. The molecule has 1 aromatic heterocycles. The standard InChI is InChI=1S/C17H20F4N4O2.ClH/c1-8-7-22-4-3-11(8)9(2)23-13-6-10(15-24-25-16(26)27-15)5-12(18)14(13)17(19,20)21;/h5-6,8-9,11,22-23H,3-4,7H2,1-2H3,(H,25,26);1H/t8-,9?,11+;/m0./s1. The van der Waals surface area contributed by atoms with E-state index in [1.54, 1.807) is 6.92 Å². The van der Waals surface area contributed by atoms with Gasteiger partial charge in [0.25, 0.3) is 0 Å². The molecule has 0 saturated carbocycles. The van der Waals surface area contributed by atoms with Gasteiger partial charge in [-0.1, -0.05) is 6.92 Å². The van der Waals surface area contributed by atoms with Crippen LogP contribution < -0.4 is 16.4 Å². The fraction of sp³-hybridized carbons (Fsp3) is 0.529. The molecule has 11 heteroatoms. The van der Waals surface area contributed by atoms with Gasteiger partial charge in [0.1, 0.15) is 11.4 Å². The number of H-pyrrole nitrogens is 1. The van der Waals surface area contributed by atoms with Crippen LogP contribution in [-0.2, 0) is 6.18 Å². The fourth-order valence-corrected chi connectivity index (χ4v) is 3.61. The van der Waals surface area contributed by atoms with Crippen molar-refractivity contribution in [3.8, 4) is 11.5 Å². The molecular weight excluding hydrogens is 404 g/mol. The quantitative estimate of drug-likeness (QED) is 0.652. The minimum atomic E-state index is -4.88. The highest BCUT2D eigenvalue weighted by Gasteiger charge is 2.39. The molecule has 1 fully saturated rings. The van der Waals surface area contributed by atoms with Gasteiger partial charge in [0.15, 0.2) is 0 Å². The van der Waals surface area contributed by atoms with Crippen molar-refractivity contribution in [3.63, 3.8) is 0 Å². The van der Waals surface area contributed by atoms with Crippen molar-refractivity contribution in [1.82, 2.24) is 15.5 Å². The van der Waals surface area contributed by atoms with Gasteiger partial charge in [-0.2, -0.15) is 13.2 Å². The second-order valence-corrected chi connectivity index (χ2v) is 6.86. The molecule has 0 aliphatic carbocycles. The van der Waals surface area contributed by atoms with E-state index in [1.807, 2.05) is 12.0 Å². The molecule has 6 nitrogen and oxygen atoms in total. The summed E-state index contributed by atoms with van der Waals surface area (Å²) in [6, 6.07) is 1.45. The third-order valence-corrected chi connectivity index (χ3v) is 4.94. The van der Waals surface area contributed by atoms with Crippen LogP contribution in [0.1, 0.15) is 25.8 Å².